The minimum atomic E-state index is -0.0363. The summed E-state index contributed by atoms with van der Waals surface area (Å²) in [6.45, 7) is 3.49. The molecule has 1 aliphatic rings. The quantitative estimate of drug-likeness (QED) is 0.853. The molecule has 0 radical (unpaired) electrons. The van der Waals surface area contributed by atoms with E-state index in [4.69, 9.17) is 5.73 Å². The van der Waals surface area contributed by atoms with Crippen LogP contribution in [0.4, 0.5) is 0 Å². The maximum Gasteiger partial charge on any atom is 0.220 e. The highest BCUT2D eigenvalue weighted by Gasteiger charge is 2.33. The van der Waals surface area contributed by atoms with Gasteiger partial charge in [-0.1, -0.05) is 31.2 Å². The van der Waals surface area contributed by atoms with Crippen LogP contribution in [0.3, 0.4) is 0 Å². The highest BCUT2D eigenvalue weighted by Crippen LogP contribution is 2.33. The van der Waals surface area contributed by atoms with Gasteiger partial charge in [0.25, 0.3) is 0 Å². The number of rotatable bonds is 3. The van der Waals surface area contributed by atoms with E-state index in [-0.39, 0.29) is 11.3 Å². The summed E-state index contributed by atoms with van der Waals surface area (Å²) in [6, 6.07) is 8.71. The van der Waals surface area contributed by atoms with Crippen molar-refractivity contribution in [3.63, 3.8) is 0 Å². The largest absolute Gasteiger partial charge is 0.356 e. The molecule has 1 heterocycles. The third-order valence-electron chi connectivity index (χ3n) is 4.12. The summed E-state index contributed by atoms with van der Waals surface area (Å²) in [5.41, 5.74) is 8.60. The smallest absolute Gasteiger partial charge is 0.220 e. The van der Waals surface area contributed by atoms with Gasteiger partial charge in [0.05, 0.1) is 0 Å². The lowest BCUT2D eigenvalue weighted by molar-refractivity contribution is -0.120. The molecule has 1 aromatic carbocycles. The van der Waals surface area contributed by atoms with Gasteiger partial charge in [0, 0.05) is 24.9 Å². The molecule has 1 aliphatic heterocycles. The van der Waals surface area contributed by atoms with Gasteiger partial charge in [-0.2, -0.15) is 0 Å². The molecule has 3 heteroatoms. The Morgan fingerprint density at radius 1 is 1.28 bits per heavy atom. The van der Waals surface area contributed by atoms with Gasteiger partial charge < -0.3 is 11.1 Å². The van der Waals surface area contributed by atoms with Crippen LogP contribution in [0.15, 0.2) is 24.3 Å². The Labute approximate surface area is 109 Å². The minimum Gasteiger partial charge on any atom is -0.356 e. The molecule has 18 heavy (non-hydrogen) atoms. The molecule has 1 atom stereocenters. The number of aryl methyl sites for hydroxylation is 1. The molecule has 1 unspecified atom stereocenters. The first-order chi connectivity index (χ1) is 8.70. The van der Waals surface area contributed by atoms with Crippen LogP contribution in [0.1, 0.15) is 37.3 Å². The molecule has 0 saturated carbocycles. The summed E-state index contributed by atoms with van der Waals surface area (Å²) in [5, 5.41) is 2.93. The SMILES string of the molecule is CCc1ccc(C2(CN)CCNC(=O)CC2)cc1. The van der Waals surface area contributed by atoms with Crippen LogP contribution in [0.25, 0.3) is 0 Å². The van der Waals surface area contributed by atoms with E-state index < -0.39 is 0 Å². The van der Waals surface area contributed by atoms with Crippen molar-refractivity contribution >= 4 is 5.91 Å². The molecule has 98 valence electrons. The number of carbonyl (C=O) groups is 1. The van der Waals surface area contributed by atoms with Gasteiger partial charge in [0.1, 0.15) is 0 Å². The van der Waals surface area contributed by atoms with E-state index in [0.717, 1.165) is 25.8 Å². The second-order valence-electron chi connectivity index (χ2n) is 5.13. The van der Waals surface area contributed by atoms with Crippen molar-refractivity contribution in [2.24, 2.45) is 5.73 Å². The average molecular weight is 246 g/mol. The van der Waals surface area contributed by atoms with Crippen LogP contribution in [-0.2, 0) is 16.6 Å². The maximum atomic E-state index is 11.5. The molecule has 1 aromatic rings. The van der Waals surface area contributed by atoms with E-state index in [0.29, 0.717) is 13.0 Å². The summed E-state index contributed by atoms with van der Waals surface area (Å²) < 4.78 is 0. The summed E-state index contributed by atoms with van der Waals surface area (Å²) in [5.74, 6) is 0.149. The van der Waals surface area contributed by atoms with Crippen molar-refractivity contribution in [1.82, 2.24) is 5.32 Å². The van der Waals surface area contributed by atoms with Crippen molar-refractivity contribution in [1.29, 1.82) is 0 Å². The normalized spacial score (nSPS) is 24.4. The summed E-state index contributed by atoms with van der Waals surface area (Å²) in [6.07, 6.45) is 3.41. The first-order valence-corrected chi connectivity index (χ1v) is 6.76. The lowest BCUT2D eigenvalue weighted by atomic mass is 9.74. The Hall–Kier alpha value is -1.35. The van der Waals surface area contributed by atoms with Crippen molar-refractivity contribution in [2.75, 3.05) is 13.1 Å². The van der Waals surface area contributed by atoms with Gasteiger partial charge in [0.15, 0.2) is 0 Å². The Morgan fingerprint density at radius 3 is 2.61 bits per heavy atom. The van der Waals surface area contributed by atoms with Crippen LogP contribution >= 0.6 is 0 Å². The molecule has 0 spiro atoms. The fourth-order valence-corrected chi connectivity index (χ4v) is 2.71. The molecule has 1 saturated heterocycles. The lowest BCUT2D eigenvalue weighted by Crippen LogP contribution is -2.36. The van der Waals surface area contributed by atoms with Crippen molar-refractivity contribution in [3.05, 3.63) is 35.4 Å². The topological polar surface area (TPSA) is 55.1 Å². The highest BCUT2D eigenvalue weighted by molar-refractivity contribution is 5.76. The predicted octanol–water partition coefficient (Wildman–Crippen LogP) is 1.75. The molecule has 1 fully saturated rings. The Kier molecular flexibility index (Phi) is 4.02. The Morgan fingerprint density at radius 2 is 2.00 bits per heavy atom. The summed E-state index contributed by atoms with van der Waals surface area (Å²) >= 11 is 0. The average Bonchev–Trinajstić information content (AvgIpc) is 2.62. The Bertz CT molecular complexity index is 413. The second kappa shape index (κ2) is 5.53. The molecule has 3 N–H and O–H groups in total. The second-order valence-corrected chi connectivity index (χ2v) is 5.13. The van der Waals surface area contributed by atoms with E-state index in [1.54, 1.807) is 0 Å². The number of amides is 1. The molecular weight excluding hydrogens is 224 g/mol. The number of nitrogens with one attached hydrogen (secondary N) is 1. The number of hydrogen-bond donors (Lipinski definition) is 2. The number of carbonyl (C=O) groups excluding carboxylic acids is 1. The third-order valence-corrected chi connectivity index (χ3v) is 4.12. The van der Waals surface area contributed by atoms with E-state index in [1.807, 2.05) is 0 Å². The molecule has 0 aliphatic carbocycles. The highest BCUT2D eigenvalue weighted by atomic mass is 16.1. The zero-order valence-corrected chi connectivity index (χ0v) is 11.0. The van der Waals surface area contributed by atoms with Crippen LogP contribution in [0, 0.1) is 0 Å². The van der Waals surface area contributed by atoms with Crippen molar-refractivity contribution in [3.8, 4) is 0 Å². The van der Waals surface area contributed by atoms with E-state index in [1.165, 1.54) is 11.1 Å². The lowest BCUT2D eigenvalue weighted by Gasteiger charge is -2.31. The van der Waals surface area contributed by atoms with Gasteiger partial charge in [-0.3, -0.25) is 4.79 Å². The van der Waals surface area contributed by atoms with E-state index in [2.05, 4.69) is 36.5 Å². The van der Waals surface area contributed by atoms with E-state index >= 15 is 0 Å². The molecule has 3 nitrogen and oxygen atoms in total. The van der Waals surface area contributed by atoms with Gasteiger partial charge in [-0.25, -0.2) is 0 Å². The maximum absolute atomic E-state index is 11.5. The van der Waals surface area contributed by atoms with Crippen LogP contribution in [0.5, 0.6) is 0 Å². The third kappa shape index (κ3) is 2.56. The van der Waals surface area contributed by atoms with E-state index in [9.17, 15) is 4.79 Å². The number of nitrogens with two attached hydrogens (primary N) is 1. The predicted molar refractivity (Wildman–Crippen MR) is 73.4 cm³/mol. The van der Waals surface area contributed by atoms with Crippen LogP contribution < -0.4 is 11.1 Å². The van der Waals surface area contributed by atoms with Gasteiger partial charge in [0.2, 0.25) is 5.91 Å². The Balaban J connectivity index is 2.27. The van der Waals surface area contributed by atoms with Gasteiger partial charge >= 0.3 is 0 Å². The minimum absolute atomic E-state index is 0.0363. The fourth-order valence-electron chi connectivity index (χ4n) is 2.71. The first kappa shape index (κ1) is 13.1. The van der Waals surface area contributed by atoms with Crippen molar-refractivity contribution < 1.29 is 4.79 Å². The standard InChI is InChI=1S/C15H22N2O/c1-2-12-3-5-13(6-4-12)15(11-16)8-7-14(18)17-10-9-15/h3-6H,2,7-11,16H2,1H3,(H,17,18). The monoisotopic (exact) mass is 246 g/mol. The summed E-state index contributed by atoms with van der Waals surface area (Å²) in [4.78, 5) is 11.5. The van der Waals surface area contributed by atoms with Crippen molar-refractivity contribution in [2.45, 2.75) is 38.0 Å². The van der Waals surface area contributed by atoms with Crippen LogP contribution in [-0.4, -0.2) is 19.0 Å². The zero-order chi connectivity index (χ0) is 13.0. The molecule has 1 amide bonds. The zero-order valence-electron chi connectivity index (χ0n) is 11.0. The van der Waals surface area contributed by atoms with Gasteiger partial charge in [-0.05, 0) is 30.4 Å². The van der Waals surface area contributed by atoms with Gasteiger partial charge in [-0.15, -0.1) is 0 Å². The van der Waals surface area contributed by atoms with Crippen LogP contribution in [0.2, 0.25) is 0 Å². The fraction of sp³-hybridized carbons (Fsp3) is 0.533. The molecule has 2 rings (SSSR count). The molecule has 0 aromatic heterocycles. The first-order valence-electron chi connectivity index (χ1n) is 6.76. The molecular formula is C15H22N2O. The molecule has 0 bridgehead atoms. The number of benzene rings is 1. The number of hydrogen-bond acceptors (Lipinski definition) is 2. The summed E-state index contributed by atoms with van der Waals surface area (Å²) in [7, 11) is 0.